The highest BCUT2D eigenvalue weighted by Gasteiger charge is 1.98. The minimum atomic E-state index is 0.0801. The molecule has 1 rings (SSSR count). The molecule has 0 unspecified atom stereocenters. The summed E-state index contributed by atoms with van der Waals surface area (Å²) in [5.74, 6) is 0.200. The minimum absolute atomic E-state index is 0.0801. The molecule has 0 aliphatic carbocycles. The summed E-state index contributed by atoms with van der Waals surface area (Å²) in [5.41, 5.74) is 10.7. The van der Waals surface area contributed by atoms with E-state index in [-0.39, 0.29) is 17.3 Å². The van der Waals surface area contributed by atoms with E-state index in [1.54, 1.807) is 0 Å². The molecule has 0 saturated heterocycles. The molecule has 0 amide bonds. The fourth-order valence-electron chi connectivity index (χ4n) is 0.495. The van der Waals surface area contributed by atoms with Crippen LogP contribution >= 0.6 is 0 Å². The van der Waals surface area contributed by atoms with Crippen LogP contribution in [-0.4, -0.2) is 9.97 Å². The lowest BCUT2D eigenvalue weighted by atomic mass is 10.3. The largest absolute Gasteiger partial charge is 0.382 e. The van der Waals surface area contributed by atoms with Gasteiger partial charge in [-0.3, -0.25) is 0 Å². The van der Waals surface area contributed by atoms with E-state index in [1.807, 2.05) is 6.07 Å². The van der Waals surface area contributed by atoms with Crippen molar-refractivity contribution in [1.82, 2.24) is 9.97 Å². The normalized spacial score (nSPS) is 8.70. The van der Waals surface area contributed by atoms with Gasteiger partial charge in [-0.1, -0.05) is 0 Å². The quantitative estimate of drug-likeness (QED) is 0.499. The number of hydrogen-bond acceptors (Lipinski definition) is 5. The lowest BCUT2D eigenvalue weighted by molar-refractivity contribution is 1.18. The van der Waals surface area contributed by atoms with Gasteiger partial charge in [-0.05, 0) is 0 Å². The molecule has 0 saturated carbocycles. The Morgan fingerprint density at radius 3 is 2.70 bits per heavy atom. The molecule has 0 fully saturated rings. The van der Waals surface area contributed by atoms with Crippen molar-refractivity contribution in [3.8, 4) is 6.07 Å². The van der Waals surface area contributed by atoms with Gasteiger partial charge in [0.2, 0.25) is 5.95 Å². The van der Waals surface area contributed by atoms with Crippen molar-refractivity contribution in [3.05, 3.63) is 11.8 Å². The Balaban J connectivity index is 3.23. The highest BCUT2D eigenvalue weighted by Crippen LogP contribution is 2.04. The third-order valence-electron chi connectivity index (χ3n) is 0.957. The summed E-state index contributed by atoms with van der Waals surface area (Å²) in [6.45, 7) is 0. The molecule has 0 aliphatic rings. The molecule has 1 heterocycles. The summed E-state index contributed by atoms with van der Waals surface area (Å²) in [6.07, 6.45) is 1.29. The van der Waals surface area contributed by atoms with Crippen LogP contribution in [0, 0.1) is 11.3 Å². The lowest BCUT2D eigenvalue weighted by Crippen LogP contribution is -2.00. The maximum Gasteiger partial charge on any atom is 0.222 e. The third kappa shape index (κ3) is 0.951. The molecule has 0 aromatic carbocycles. The highest BCUT2D eigenvalue weighted by molar-refractivity contribution is 5.48. The first-order chi connectivity index (χ1) is 4.74. The van der Waals surface area contributed by atoms with E-state index < -0.39 is 0 Å². The van der Waals surface area contributed by atoms with Crippen LogP contribution in [0.2, 0.25) is 0 Å². The zero-order valence-electron chi connectivity index (χ0n) is 5.07. The summed E-state index contributed by atoms with van der Waals surface area (Å²) >= 11 is 0. The van der Waals surface area contributed by atoms with Crippen molar-refractivity contribution < 1.29 is 0 Å². The van der Waals surface area contributed by atoms with Crippen molar-refractivity contribution in [3.63, 3.8) is 0 Å². The lowest BCUT2D eigenvalue weighted by Gasteiger charge is -1.94. The second-order valence-corrected chi connectivity index (χ2v) is 1.64. The number of nitriles is 1. The molecule has 0 radical (unpaired) electrons. The molecule has 50 valence electrons. The van der Waals surface area contributed by atoms with Gasteiger partial charge in [-0.15, -0.1) is 0 Å². The Bertz CT molecular complexity index is 287. The third-order valence-corrected chi connectivity index (χ3v) is 0.957. The van der Waals surface area contributed by atoms with Gasteiger partial charge < -0.3 is 11.5 Å². The average molecular weight is 135 g/mol. The van der Waals surface area contributed by atoms with E-state index in [0.29, 0.717) is 0 Å². The zero-order chi connectivity index (χ0) is 7.56. The maximum atomic E-state index is 8.36. The van der Waals surface area contributed by atoms with Crippen LogP contribution in [0.25, 0.3) is 0 Å². The molecular formula is C5H5N5. The highest BCUT2D eigenvalue weighted by atomic mass is 15.0. The molecule has 0 aliphatic heterocycles. The molecule has 5 nitrogen and oxygen atoms in total. The summed E-state index contributed by atoms with van der Waals surface area (Å²) in [6, 6.07) is 1.82. The maximum absolute atomic E-state index is 8.36. The Morgan fingerprint density at radius 1 is 1.50 bits per heavy atom. The van der Waals surface area contributed by atoms with Gasteiger partial charge in [0.15, 0.2) is 0 Å². The smallest absolute Gasteiger partial charge is 0.222 e. The summed E-state index contributed by atoms with van der Waals surface area (Å²) in [5, 5.41) is 8.36. The molecule has 0 spiro atoms. The van der Waals surface area contributed by atoms with Crippen LogP contribution in [0.3, 0.4) is 0 Å². The van der Waals surface area contributed by atoms with E-state index in [1.165, 1.54) is 6.20 Å². The van der Waals surface area contributed by atoms with Crippen LogP contribution in [0.1, 0.15) is 5.56 Å². The Labute approximate surface area is 57.3 Å². The molecule has 0 atom stereocenters. The van der Waals surface area contributed by atoms with Crippen molar-refractivity contribution in [2.75, 3.05) is 11.5 Å². The zero-order valence-corrected chi connectivity index (χ0v) is 5.07. The summed E-state index contributed by atoms with van der Waals surface area (Å²) in [7, 11) is 0. The van der Waals surface area contributed by atoms with Gasteiger partial charge in [0, 0.05) is 0 Å². The van der Waals surface area contributed by atoms with Crippen LogP contribution < -0.4 is 11.5 Å². The first-order valence-electron chi connectivity index (χ1n) is 2.52. The van der Waals surface area contributed by atoms with Crippen molar-refractivity contribution in [1.29, 1.82) is 5.26 Å². The number of anilines is 2. The Morgan fingerprint density at radius 2 is 2.20 bits per heavy atom. The standard InChI is InChI=1S/C5H5N5/c6-1-3-2-9-5(8)10-4(3)7/h2H,(H4,7,8,9,10). The number of rotatable bonds is 0. The van der Waals surface area contributed by atoms with Gasteiger partial charge >= 0.3 is 0 Å². The first-order valence-corrected chi connectivity index (χ1v) is 2.52. The predicted octanol–water partition coefficient (Wildman–Crippen LogP) is -0.487. The molecule has 0 bridgehead atoms. The van der Waals surface area contributed by atoms with E-state index in [4.69, 9.17) is 16.7 Å². The number of aromatic nitrogens is 2. The van der Waals surface area contributed by atoms with Gasteiger partial charge in [0.1, 0.15) is 17.5 Å². The van der Waals surface area contributed by atoms with Gasteiger partial charge in [0.25, 0.3) is 0 Å². The van der Waals surface area contributed by atoms with Crippen LogP contribution in [0.15, 0.2) is 6.20 Å². The number of nitrogens with two attached hydrogens (primary N) is 2. The molecule has 5 heteroatoms. The number of hydrogen-bond donors (Lipinski definition) is 2. The van der Waals surface area contributed by atoms with Crippen LogP contribution in [0.5, 0.6) is 0 Å². The second-order valence-electron chi connectivity index (χ2n) is 1.64. The molecule has 1 aromatic rings. The number of nitrogens with zero attached hydrogens (tertiary/aromatic N) is 3. The molecule has 10 heavy (non-hydrogen) atoms. The van der Waals surface area contributed by atoms with Gasteiger partial charge in [-0.2, -0.15) is 10.2 Å². The topological polar surface area (TPSA) is 102 Å². The average Bonchev–Trinajstić information content (AvgIpc) is 1.88. The Hall–Kier alpha value is -1.83. The molecule has 1 aromatic heterocycles. The summed E-state index contributed by atoms with van der Waals surface area (Å²) < 4.78 is 0. The minimum Gasteiger partial charge on any atom is -0.382 e. The van der Waals surface area contributed by atoms with E-state index >= 15 is 0 Å². The SMILES string of the molecule is N#Cc1cnc(N)nc1N. The van der Waals surface area contributed by atoms with Crippen molar-refractivity contribution in [2.45, 2.75) is 0 Å². The van der Waals surface area contributed by atoms with E-state index in [0.717, 1.165) is 0 Å². The fraction of sp³-hybridized carbons (Fsp3) is 0. The molecular weight excluding hydrogens is 130 g/mol. The van der Waals surface area contributed by atoms with E-state index in [2.05, 4.69) is 9.97 Å². The van der Waals surface area contributed by atoms with Gasteiger partial charge in [-0.25, -0.2) is 4.98 Å². The first kappa shape index (κ1) is 6.29. The Kier molecular flexibility index (Phi) is 1.38. The summed E-state index contributed by atoms with van der Waals surface area (Å²) in [4.78, 5) is 7.14. The molecule has 4 N–H and O–H groups in total. The van der Waals surface area contributed by atoms with Gasteiger partial charge in [0.05, 0.1) is 6.20 Å². The predicted molar refractivity (Wildman–Crippen MR) is 35.6 cm³/mol. The van der Waals surface area contributed by atoms with E-state index in [9.17, 15) is 0 Å². The number of nitrogen functional groups attached to an aromatic ring is 2. The second kappa shape index (κ2) is 2.19. The van der Waals surface area contributed by atoms with Crippen molar-refractivity contribution >= 4 is 11.8 Å². The van der Waals surface area contributed by atoms with Crippen LogP contribution in [0.4, 0.5) is 11.8 Å². The fourth-order valence-corrected chi connectivity index (χ4v) is 0.495. The van der Waals surface area contributed by atoms with Crippen LogP contribution in [-0.2, 0) is 0 Å². The monoisotopic (exact) mass is 135 g/mol. The van der Waals surface area contributed by atoms with Crippen molar-refractivity contribution in [2.24, 2.45) is 0 Å².